The Balaban J connectivity index is 2.64. The second-order valence-electron chi connectivity index (χ2n) is 2.64. The summed E-state index contributed by atoms with van der Waals surface area (Å²) >= 11 is 6.41. The maximum Gasteiger partial charge on any atom is 0.255 e. The van der Waals surface area contributed by atoms with E-state index in [0.29, 0.717) is 10.2 Å². The number of alkyl halides is 1. The molecular weight excluding hydrogens is 302 g/mol. The number of hydrogen-bond acceptors (Lipinski definition) is 2. The molecule has 72 valence electrons. The average Bonchev–Trinajstić information content (AvgIpc) is 2.51. The predicted molar refractivity (Wildman–Crippen MR) is 57.1 cm³/mol. The minimum absolute atomic E-state index is 0.106. The molecular formula is C8H9Br2NO2. The van der Waals surface area contributed by atoms with Gasteiger partial charge in [-0.05, 0) is 28.9 Å². The molecule has 0 aromatic carbocycles. The third kappa shape index (κ3) is 2.84. The molecule has 1 heterocycles. The SMILES string of the molecule is CC(CBr)NC(=O)c1ccoc1Br. The second kappa shape index (κ2) is 4.81. The Kier molecular flexibility index (Phi) is 3.99. The van der Waals surface area contributed by atoms with Crippen molar-refractivity contribution in [2.24, 2.45) is 0 Å². The maximum absolute atomic E-state index is 11.5. The average molecular weight is 311 g/mol. The zero-order valence-electron chi connectivity index (χ0n) is 7.01. The van der Waals surface area contributed by atoms with Gasteiger partial charge in [0.25, 0.3) is 5.91 Å². The molecule has 0 fully saturated rings. The molecule has 0 aliphatic carbocycles. The largest absolute Gasteiger partial charge is 0.457 e. The number of halogens is 2. The van der Waals surface area contributed by atoms with Crippen LogP contribution in [0.5, 0.6) is 0 Å². The smallest absolute Gasteiger partial charge is 0.255 e. The Morgan fingerprint density at radius 1 is 1.77 bits per heavy atom. The lowest BCUT2D eigenvalue weighted by Gasteiger charge is -2.09. The lowest BCUT2D eigenvalue weighted by Crippen LogP contribution is -2.33. The molecule has 1 atom stereocenters. The van der Waals surface area contributed by atoms with E-state index >= 15 is 0 Å². The Bertz CT molecular complexity index is 298. The number of furan rings is 1. The fourth-order valence-electron chi connectivity index (χ4n) is 0.796. The maximum atomic E-state index is 11.5. The van der Waals surface area contributed by atoms with Gasteiger partial charge in [0.1, 0.15) is 0 Å². The summed E-state index contributed by atoms with van der Waals surface area (Å²) in [7, 11) is 0. The number of rotatable bonds is 3. The summed E-state index contributed by atoms with van der Waals surface area (Å²) in [5, 5.41) is 3.53. The van der Waals surface area contributed by atoms with Crippen LogP contribution in [0.15, 0.2) is 21.4 Å². The van der Waals surface area contributed by atoms with Crippen LogP contribution in [0, 0.1) is 0 Å². The van der Waals surface area contributed by atoms with Gasteiger partial charge in [-0.3, -0.25) is 4.79 Å². The first-order valence-electron chi connectivity index (χ1n) is 3.75. The molecule has 0 bridgehead atoms. The molecule has 0 aliphatic rings. The summed E-state index contributed by atoms with van der Waals surface area (Å²) in [4.78, 5) is 11.5. The molecule has 13 heavy (non-hydrogen) atoms. The number of hydrogen-bond donors (Lipinski definition) is 1. The van der Waals surface area contributed by atoms with Gasteiger partial charge in [0.2, 0.25) is 0 Å². The number of amides is 1. The topological polar surface area (TPSA) is 42.2 Å². The molecule has 1 aromatic heterocycles. The van der Waals surface area contributed by atoms with E-state index in [-0.39, 0.29) is 11.9 Å². The van der Waals surface area contributed by atoms with Gasteiger partial charge in [-0.2, -0.15) is 0 Å². The Hall–Kier alpha value is -0.290. The third-order valence-corrected chi connectivity index (χ3v) is 3.06. The number of carbonyl (C=O) groups excluding carboxylic acids is 1. The van der Waals surface area contributed by atoms with Crippen LogP contribution >= 0.6 is 31.9 Å². The molecule has 1 unspecified atom stereocenters. The van der Waals surface area contributed by atoms with Crippen molar-refractivity contribution in [3.8, 4) is 0 Å². The van der Waals surface area contributed by atoms with Crippen molar-refractivity contribution in [3.05, 3.63) is 22.6 Å². The quantitative estimate of drug-likeness (QED) is 0.872. The highest BCUT2D eigenvalue weighted by atomic mass is 79.9. The minimum Gasteiger partial charge on any atom is -0.457 e. The highest BCUT2D eigenvalue weighted by molar-refractivity contribution is 9.10. The second-order valence-corrected chi connectivity index (χ2v) is 4.00. The van der Waals surface area contributed by atoms with Gasteiger partial charge in [-0.1, -0.05) is 15.9 Å². The highest BCUT2D eigenvalue weighted by Gasteiger charge is 2.13. The molecule has 0 radical (unpaired) electrons. The zero-order valence-corrected chi connectivity index (χ0v) is 10.2. The summed E-state index contributed by atoms with van der Waals surface area (Å²) in [5.74, 6) is -0.132. The van der Waals surface area contributed by atoms with Crippen LogP contribution in [0.3, 0.4) is 0 Å². The van der Waals surface area contributed by atoms with Crippen LogP contribution in [-0.2, 0) is 0 Å². The standard InChI is InChI=1S/C8H9Br2NO2/c1-5(4-9)11-8(12)6-2-3-13-7(6)10/h2-3,5H,4H2,1H3,(H,11,12). The van der Waals surface area contributed by atoms with Crippen LogP contribution in [-0.4, -0.2) is 17.3 Å². The van der Waals surface area contributed by atoms with E-state index in [4.69, 9.17) is 4.42 Å². The van der Waals surface area contributed by atoms with Crippen molar-refractivity contribution in [3.63, 3.8) is 0 Å². The highest BCUT2D eigenvalue weighted by Crippen LogP contribution is 2.17. The van der Waals surface area contributed by atoms with Gasteiger partial charge < -0.3 is 9.73 Å². The molecule has 5 heteroatoms. The normalized spacial score (nSPS) is 12.5. The van der Waals surface area contributed by atoms with Crippen LogP contribution in [0.2, 0.25) is 0 Å². The van der Waals surface area contributed by atoms with E-state index in [0.717, 1.165) is 5.33 Å². The Morgan fingerprint density at radius 2 is 2.46 bits per heavy atom. The van der Waals surface area contributed by atoms with Gasteiger partial charge in [0.05, 0.1) is 11.8 Å². The van der Waals surface area contributed by atoms with Gasteiger partial charge in [-0.25, -0.2) is 0 Å². The van der Waals surface area contributed by atoms with Crippen LogP contribution in [0.25, 0.3) is 0 Å². The van der Waals surface area contributed by atoms with Crippen molar-refractivity contribution in [2.75, 3.05) is 5.33 Å². The fourth-order valence-corrected chi connectivity index (χ4v) is 1.38. The first-order chi connectivity index (χ1) is 6.15. The first-order valence-corrected chi connectivity index (χ1v) is 5.66. The number of carbonyl (C=O) groups is 1. The molecule has 0 spiro atoms. The van der Waals surface area contributed by atoms with Gasteiger partial charge in [0, 0.05) is 11.4 Å². The minimum atomic E-state index is -0.132. The summed E-state index contributed by atoms with van der Waals surface area (Å²) in [6.07, 6.45) is 1.47. The summed E-state index contributed by atoms with van der Waals surface area (Å²) in [6.45, 7) is 1.92. The fraction of sp³-hybridized carbons (Fsp3) is 0.375. The zero-order chi connectivity index (χ0) is 9.84. The van der Waals surface area contributed by atoms with Crippen molar-refractivity contribution in [1.82, 2.24) is 5.32 Å². The molecule has 0 aliphatic heterocycles. The molecule has 1 rings (SSSR count). The molecule has 0 saturated heterocycles. The lowest BCUT2D eigenvalue weighted by atomic mass is 10.3. The van der Waals surface area contributed by atoms with E-state index in [1.165, 1.54) is 6.26 Å². The van der Waals surface area contributed by atoms with Crippen LogP contribution in [0.1, 0.15) is 17.3 Å². The van der Waals surface area contributed by atoms with E-state index in [1.54, 1.807) is 6.07 Å². The summed E-state index contributed by atoms with van der Waals surface area (Å²) in [6, 6.07) is 1.73. The van der Waals surface area contributed by atoms with Gasteiger partial charge in [0.15, 0.2) is 4.67 Å². The van der Waals surface area contributed by atoms with Crippen molar-refractivity contribution >= 4 is 37.8 Å². The van der Waals surface area contributed by atoms with Crippen LogP contribution < -0.4 is 5.32 Å². The molecule has 1 amide bonds. The monoisotopic (exact) mass is 309 g/mol. The third-order valence-electron chi connectivity index (χ3n) is 1.47. The molecule has 1 N–H and O–H groups in total. The Morgan fingerprint density at radius 3 is 2.92 bits per heavy atom. The van der Waals surface area contributed by atoms with E-state index in [1.807, 2.05) is 6.92 Å². The molecule has 3 nitrogen and oxygen atoms in total. The first kappa shape index (κ1) is 10.8. The van der Waals surface area contributed by atoms with Crippen LogP contribution in [0.4, 0.5) is 0 Å². The summed E-state index contributed by atoms with van der Waals surface area (Å²) in [5.41, 5.74) is 0.521. The van der Waals surface area contributed by atoms with Crippen molar-refractivity contribution in [2.45, 2.75) is 13.0 Å². The van der Waals surface area contributed by atoms with Crippen molar-refractivity contribution < 1.29 is 9.21 Å². The summed E-state index contributed by atoms with van der Waals surface area (Å²) < 4.78 is 5.41. The number of nitrogens with one attached hydrogen (secondary N) is 1. The van der Waals surface area contributed by atoms with Gasteiger partial charge in [-0.15, -0.1) is 0 Å². The predicted octanol–water partition coefficient (Wildman–Crippen LogP) is 2.56. The van der Waals surface area contributed by atoms with Crippen molar-refractivity contribution in [1.29, 1.82) is 0 Å². The van der Waals surface area contributed by atoms with E-state index in [9.17, 15) is 4.79 Å². The molecule has 0 saturated carbocycles. The van der Waals surface area contributed by atoms with E-state index in [2.05, 4.69) is 37.2 Å². The van der Waals surface area contributed by atoms with Gasteiger partial charge >= 0.3 is 0 Å². The Labute approximate surface area is 93.1 Å². The lowest BCUT2D eigenvalue weighted by molar-refractivity contribution is 0.0942. The molecule has 1 aromatic rings. The van der Waals surface area contributed by atoms with E-state index < -0.39 is 0 Å².